The third-order valence-corrected chi connectivity index (χ3v) is 2.37. The van der Waals surface area contributed by atoms with Gasteiger partial charge in [-0.3, -0.25) is 4.79 Å². The summed E-state index contributed by atoms with van der Waals surface area (Å²) in [5.74, 6) is -1.43. The molecule has 19 heavy (non-hydrogen) atoms. The first-order valence-electron chi connectivity index (χ1n) is 5.45. The molecule has 1 atom stereocenters. The second-order valence-corrected chi connectivity index (χ2v) is 3.84. The van der Waals surface area contributed by atoms with E-state index in [-0.39, 0.29) is 18.6 Å². The molecule has 106 valence electrons. The molecule has 0 spiro atoms. The van der Waals surface area contributed by atoms with E-state index >= 15 is 0 Å². The highest BCUT2D eigenvalue weighted by Crippen LogP contribution is 2.32. The third-order valence-electron chi connectivity index (χ3n) is 2.37. The average Bonchev–Trinajstić information content (AvgIpc) is 2.33. The highest BCUT2D eigenvalue weighted by Gasteiger charge is 2.41. The number of benzene rings is 1. The van der Waals surface area contributed by atoms with Crippen molar-refractivity contribution in [2.75, 3.05) is 13.7 Å². The van der Waals surface area contributed by atoms with E-state index in [1.807, 2.05) is 5.32 Å². The minimum absolute atomic E-state index is 0.0276. The molecule has 0 fully saturated rings. The van der Waals surface area contributed by atoms with Gasteiger partial charge in [0.15, 0.2) is 6.04 Å². The Bertz CT molecular complexity index is 417. The van der Waals surface area contributed by atoms with Crippen LogP contribution in [0, 0.1) is 5.82 Å². The summed E-state index contributed by atoms with van der Waals surface area (Å²) >= 11 is 0. The van der Waals surface area contributed by atoms with Crippen LogP contribution in [0.15, 0.2) is 24.3 Å². The molecule has 0 heterocycles. The summed E-state index contributed by atoms with van der Waals surface area (Å²) in [5.41, 5.74) is -0.223. The first kappa shape index (κ1) is 15.4. The van der Waals surface area contributed by atoms with Gasteiger partial charge in [0, 0.05) is 13.5 Å². The maximum absolute atomic E-state index is 12.8. The smallest absolute Gasteiger partial charge is 0.384 e. The number of halogens is 4. The van der Waals surface area contributed by atoms with E-state index in [9.17, 15) is 22.4 Å². The van der Waals surface area contributed by atoms with Gasteiger partial charge < -0.3 is 10.1 Å². The maximum atomic E-state index is 12.8. The zero-order valence-electron chi connectivity index (χ0n) is 10.1. The van der Waals surface area contributed by atoms with Crippen LogP contribution in [0.3, 0.4) is 0 Å². The lowest BCUT2D eigenvalue weighted by Crippen LogP contribution is -2.38. The van der Waals surface area contributed by atoms with Gasteiger partial charge in [0.05, 0.1) is 6.61 Å². The van der Waals surface area contributed by atoms with Gasteiger partial charge in [0.25, 0.3) is 0 Å². The van der Waals surface area contributed by atoms with Crippen molar-refractivity contribution < 1.29 is 27.1 Å². The molecular weight excluding hydrogens is 266 g/mol. The fraction of sp³-hybridized carbons (Fsp3) is 0.417. The van der Waals surface area contributed by atoms with Gasteiger partial charge >= 0.3 is 6.18 Å². The summed E-state index contributed by atoms with van der Waals surface area (Å²) in [6.45, 7) is 0.0276. The van der Waals surface area contributed by atoms with Crippen LogP contribution in [0.5, 0.6) is 0 Å². The largest absolute Gasteiger partial charge is 0.412 e. The lowest BCUT2D eigenvalue weighted by atomic mass is 10.1. The van der Waals surface area contributed by atoms with E-state index < -0.39 is 23.9 Å². The molecule has 1 aromatic carbocycles. The van der Waals surface area contributed by atoms with Gasteiger partial charge in [-0.1, -0.05) is 12.1 Å². The highest BCUT2D eigenvalue weighted by molar-refractivity contribution is 5.76. The molecule has 3 nitrogen and oxygen atoms in total. The van der Waals surface area contributed by atoms with Crippen LogP contribution in [0.4, 0.5) is 17.6 Å². The summed E-state index contributed by atoms with van der Waals surface area (Å²) in [5, 5.41) is 1.86. The third kappa shape index (κ3) is 4.86. The number of hydrogen-bond donors (Lipinski definition) is 1. The Kier molecular flexibility index (Phi) is 5.29. The molecule has 1 N–H and O–H groups in total. The van der Waals surface area contributed by atoms with Crippen molar-refractivity contribution in [1.82, 2.24) is 5.32 Å². The molecule has 0 aromatic heterocycles. The number of rotatable bonds is 5. The standard InChI is InChI=1S/C12H13F4NO2/c1-19-7-6-10(18)17-11(12(14,15)16)8-2-4-9(13)5-3-8/h2-5,11H,6-7H2,1H3,(H,17,18). The number of carbonyl (C=O) groups is 1. The van der Waals surface area contributed by atoms with Crippen molar-refractivity contribution in [3.05, 3.63) is 35.6 Å². The van der Waals surface area contributed by atoms with Crippen LogP contribution >= 0.6 is 0 Å². The highest BCUT2D eigenvalue weighted by atomic mass is 19.4. The SMILES string of the molecule is COCCC(=O)NC(c1ccc(F)cc1)C(F)(F)F. The Hall–Kier alpha value is -1.63. The molecule has 1 amide bonds. The lowest BCUT2D eigenvalue weighted by molar-refractivity contribution is -0.163. The van der Waals surface area contributed by atoms with E-state index in [0.717, 1.165) is 24.3 Å². The van der Waals surface area contributed by atoms with Crippen LogP contribution < -0.4 is 5.32 Å². The van der Waals surface area contributed by atoms with Crippen LogP contribution in [0.2, 0.25) is 0 Å². The fourth-order valence-electron chi connectivity index (χ4n) is 1.44. The Labute approximate surface area is 107 Å². The molecule has 0 saturated heterocycles. The van der Waals surface area contributed by atoms with Crippen LogP contribution in [-0.2, 0) is 9.53 Å². The summed E-state index contributed by atoms with van der Waals surface area (Å²) in [4.78, 5) is 11.3. The Morgan fingerprint density at radius 3 is 2.37 bits per heavy atom. The molecule has 7 heteroatoms. The van der Waals surface area contributed by atoms with Crippen LogP contribution in [-0.4, -0.2) is 25.8 Å². The van der Waals surface area contributed by atoms with E-state index in [4.69, 9.17) is 0 Å². The van der Waals surface area contributed by atoms with Crippen molar-refractivity contribution in [1.29, 1.82) is 0 Å². The molecule has 0 aliphatic rings. The van der Waals surface area contributed by atoms with Gasteiger partial charge in [-0.2, -0.15) is 13.2 Å². The quantitative estimate of drug-likeness (QED) is 0.841. The number of amides is 1. The molecular formula is C12H13F4NO2. The van der Waals surface area contributed by atoms with Crippen LogP contribution in [0.25, 0.3) is 0 Å². The Morgan fingerprint density at radius 2 is 1.89 bits per heavy atom. The van der Waals surface area contributed by atoms with Crippen LogP contribution in [0.1, 0.15) is 18.0 Å². The lowest BCUT2D eigenvalue weighted by Gasteiger charge is -2.22. The van der Waals surface area contributed by atoms with Gasteiger partial charge in [0.1, 0.15) is 5.82 Å². The van der Waals surface area contributed by atoms with Crippen molar-refractivity contribution in [3.8, 4) is 0 Å². The molecule has 0 aliphatic carbocycles. The molecule has 0 aliphatic heterocycles. The predicted molar refractivity (Wildman–Crippen MR) is 59.8 cm³/mol. The van der Waals surface area contributed by atoms with Crippen molar-refractivity contribution >= 4 is 5.91 Å². The molecule has 1 aromatic rings. The predicted octanol–water partition coefficient (Wildman–Crippen LogP) is 2.58. The monoisotopic (exact) mass is 279 g/mol. The number of ether oxygens (including phenoxy) is 1. The zero-order valence-corrected chi connectivity index (χ0v) is 10.1. The normalized spacial score (nSPS) is 13.1. The molecule has 1 rings (SSSR count). The van der Waals surface area contributed by atoms with Crippen molar-refractivity contribution in [3.63, 3.8) is 0 Å². The Balaban J connectivity index is 2.84. The van der Waals surface area contributed by atoms with Crippen molar-refractivity contribution in [2.45, 2.75) is 18.6 Å². The summed E-state index contributed by atoms with van der Waals surface area (Å²) in [6, 6.07) is 1.65. The minimum atomic E-state index is -4.65. The summed E-state index contributed by atoms with van der Waals surface area (Å²) in [6.07, 6.45) is -4.83. The van der Waals surface area contributed by atoms with Gasteiger partial charge in [-0.05, 0) is 17.7 Å². The summed E-state index contributed by atoms with van der Waals surface area (Å²) < 4.78 is 55.8. The molecule has 0 saturated carbocycles. The second kappa shape index (κ2) is 6.51. The van der Waals surface area contributed by atoms with E-state index in [2.05, 4.69) is 4.74 Å². The van der Waals surface area contributed by atoms with E-state index in [1.165, 1.54) is 7.11 Å². The number of hydrogen-bond acceptors (Lipinski definition) is 2. The average molecular weight is 279 g/mol. The zero-order chi connectivity index (χ0) is 14.5. The van der Waals surface area contributed by atoms with Gasteiger partial charge in [0.2, 0.25) is 5.91 Å². The number of carbonyl (C=O) groups excluding carboxylic acids is 1. The molecule has 0 radical (unpaired) electrons. The number of alkyl halides is 3. The van der Waals surface area contributed by atoms with Gasteiger partial charge in [-0.25, -0.2) is 4.39 Å². The first-order valence-corrected chi connectivity index (χ1v) is 5.45. The minimum Gasteiger partial charge on any atom is -0.384 e. The molecule has 0 bridgehead atoms. The fourth-order valence-corrected chi connectivity index (χ4v) is 1.44. The van der Waals surface area contributed by atoms with Crippen molar-refractivity contribution in [2.24, 2.45) is 0 Å². The van der Waals surface area contributed by atoms with E-state index in [0.29, 0.717) is 0 Å². The van der Waals surface area contributed by atoms with E-state index in [1.54, 1.807) is 0 Å². The maximum Gasteiger partial charge on any atom is 0.412 e. The first-order chi connectivity index (χ1) is 8.84. The Morgan fingerprint density at radius 1 is 1.32 bits per heavy atom. The number of methoxy groups -OCH3 is 1. The second-order valence-electron chi connectivity index (χ2n) is 3.84. The van der Waals surface area contributed by atoms with Gasteiger partial charge in [-0.15, -0.1) is 0 Å². The summed E-state index contributed by atoms with van der Waals surface area (Å²) in [7, 11) is 1.34. The number of nitrogens with one attached hydrogen (secondary N) is 1. The topological polar surface area (TPSA) is 38.3 Å². The molecule has 1 unspecified atom stereocenters.